The van der Waals surface area contributed by atoms with Gasteiger partial charge in [0.2, 0.25) is 0 Å². The van der Waals surface area contributed by atoms with Crippen LogP contribution in [-0.2, 0) is 0 Å². The van der Waals surface area contributed by atoms with Crippen LogP contribution < -0.4 is 31.9 Å². The molecule has 0 amide bonds. The van der Waals surface area contributed by atoms with Crippen molar-refractivity contribution >= 4 is 0 Å². The normalized spacial score (nSPS) is 33.7. The van der Waals surface area contributed by atoms with Crippen molar-refractivity contribution in [1.29, 1.82) is 0 Å². The Bertz CT molecular complexity index is 476. The summed E-state index contributed by atoms with van der Waals surface area (Å²) >= 11 is 0. The predicted molar refractivity (Wildman–Crippen MR) is 136 cm³/mol. The Labute approximate surface area is 206 Å². The van der Waals surface area contributed by atoms with E-state index in [4.69, 9.17) is 0 Å². The van der Waals surface area contributed by atoms with Crippen LogP contribution >= 0.6 is 0 Å². The van der Waals surface area contributed by atoms with Crippen LogP contribution in [0.4, 0.5) is 0 Å². The molecular weight excluding hydrogens is 436 g/mol. The zero-order valence-electron chi connectivity index (χ0n) is 21.3. The maximum atomic E-state index is 9.94. The predicted octanol–water partition coefficient (Wildman–Crippen LogP) is -2.15. The fourth-order valence-electron chi connectivity index (χ4n) is 4.84. The van der Waals surface area contributed by atoms with Crippen LogP contribution in [0.25, 0.3) is 0 Å². The van der Waals surface area contributed by atoms with Crippen LogP contribution in [0.3, 0.4) is 0 Å². The molecule has 10 N–H and O–H groups in total. The smallest absolute Gasteiger partial charge is 0.0967 e. The van der Waals surface area contributed by atoms with Crippen molar-refractivity contribution in [2.24, 2.45) is 0 Å². The quantitative estimate of drug-likeness (QED) is 0.0911. The van der Waals surface area contributed by atoms with Gasteiger partial charge in [0.05, 0.1) is 24.4 Å². The minimum atomic E-state index is -0.662. The summed E-state index contributed by atoms with van der Waals surface area (Å²) in [5.74, 6) is 0. The van der Waals surface area contributed by atoms with Gasteiger partial charge in [-0.2, -0.15) is 0 Å². The number of rotatable bonds is 19. The fourth-order valence-corrected chi connectivity index (χ4v) is 4.84. The molecule has 2 aliphatic heterocycles. The second-order valence-corrected chi connectivity index (χ2v) is 10.1. The molecule has 0 unspecified atom stereocenters. The summed E-state index contributed by atoms with van der Waals surface area (Å²) in [5, 5.41) is 59.7. The van der Waals surface area contributed by atoms with E-state index in [0.717, 1.165) is 78.0 Å². The lowest BCUT2D eigenvalue weighted by atomic mass is 10.1. The Hall–Kier alpha value is -0.400. The molecule has 0 aromatic rings. The molecule has 0 bridgehead atoms. The molecule has 0 saturated carbocycles. The molecule has 2 saturated heterocycles. The lowest BCUT2D eigenvalue weighted by molar-refractivity contribution is 0.0293. The van der Waals surface area contributed by atoms with Gasteiger partial charge in [0, 0.05) is 24.2 Å². The molecule has 34 heavy (non-hydrogen) atoms. The second-order valence-electron chi connectivity index (χ2n) is 10.1. The summed E-state index contributed by atoms with van der Waals surface area (Å²) in [4.78, 5) is 0. The highest BCUT2D eigenvalue weighted by molar-refractivity contribution is 4.96. The average Bonchev–Trinajstić information content (AvgIpc) is 3.21. The van der Waals surface area contributed by atoms with Crippen molar-refractivity contribution < 1.29 is 20.4 Å². The van der Waals surface area contributed by atoms with Crippen LogP contribution in [0.1, 0.15) is 52.4 Å². The first kappa shape index (κ1) is 29.8. The standard InChI is InChI=1S/C24H52N6O4/c1-17-21(31)23(33)19(29-17)7-15-27-13-5-11-25-9-3-4-10-26-12-6-14-28-16-8-20-24(34)22(32)18(2)30-20/h17-34H,3-16H2,1-2H3/t17-,18-,19-,20-,21+,22+,23-,24-/m0/s1. The lowest BCUT2D eigenvalue weighted by Gasteiger charge is -2.16. The summed E-state index contributed by atoms with van der Waals surface area (Å²) < 4.78 is 0. The molecule has 0 spiro atoms. The highest BCUT2D eigenvalue weighted by Crippen LogP contribution is 2.16. The van der Waals surface area contributed by atoms with Crippen molar-refractivity contribution in [2.45, 2.75) is 101 Å². The molecule has 2 heterocycles. The first-order valence-corrected chi connectivity index (χ1v) is 13.5. The Morgan fingerprint density at radius 1 is 0.471 bits per heavy atom. The lowest BCUT2D eigenvalue weighted by Crippen LogP contribution is -2.36. The number of nitrogens with one attached hydrogen (secondary N) is 6. The van der Waals surface area contributed by atoms with Crippen molar-refractivity contribution in [2.75, 3.05) is 52.4 Å². The zero-order chi connectivity index (χ0) is 24.8. The van der Waals surface area contributed by atoms with E-state index in [2.05, 4.69) is 31.9 Å². The minimum absolute atomic E-state index is 0.0190. The Morgan fingerprint density at radius 3 is 1.12 bits per heavy atom. The third kappa shape index (κ3) is 10.7. The van der Waals surface area contributed by atoms with Gasteiger partial charge in [-0.1, -0.05) is 0 Å². The van der Waals surface area contributed by atoms with Crippen LogP contribution in [0.2, 0.25) is 0 Å². The maximum absolute atomic E-state index is 9.94. The Kier molecular flexibility index (Phi) is 15.0. The van der Waals surface area contributed by atoms with Gasteiger partial charge in [-0.3, -0.25) is 0 Å². The van der Waals surface area contributed by atoms with Gasteiger partial charge in [0.1, 0.15) is 0 Å². The SMILES string of the molecule is C[C@@H]1N[C@@H](CCNCCCNCCCCNCCCNCC[C@@H]2N[C@@H](C)[C@@H](O)[C@H]2O)[C@H](O)[C@@H]1O. The maximum Gasteiger partial charge on any atom is 0.0967 e. The largest absolute Gasteiger partial charge is 0.389 e. The molecule has 8 atom stereocenters. The van der Waals surface area contributed by atoms with Crippen molar-refractivity contribution in [1.82, 2.24) is 31.9 Å². The summed E-state index contributed by atoms with van der Waals surface area (Å²) in [5.41, 5.74) is 0. The molecule has 0 radical (unpaired) electrons. The molecule has 10 nitrogen and oxygen atoms in total. The van der Waals surface area contributed by atoms with Gasteiger partial charge in [-0.25, -0.2) is 0 Å². The van der Waals surface area contributed by atoms with E-state index in [0.29, 0.717) is 0 Å². The molecule has 202 valence electrons. The summed E-state index contributed by atoms with van der Waals surface area (Å²) in [7, 11) is 0. The average molecular weight is 489 g/mol. The fraction of sp³-hybridized carbons (Fsp3) is 1.00. The highest BCUT2D eigenvalue weighted by atomic mass is 16.3. The van der Waals surface area contributed by atoms with E-state index in [9.17, 15) is 20.4 Å². The molecule has 2 aliphatic rings. The molecule has 0 aromatic carbocycles. The van der Waals surface area contributed by atoms with E-state index in [1.165, 1.54) is 12.8 Å². The monoisotopic (exact) mass is 488 g/mol. The van der Waals surface area contributed by atoms with Gasteiger partial charge in [-0.15, -0.1) is 0 Å². The van der Waals surface area contributed by atoms with Gasteiger partial charge in [-0.05, 0) is 105 Å². The minimum Gasteiger partial charge on any atom is -0.389 e. The molecule has 2 fully saturated rings. The third-order valence-electron chi connectivity index (χ3n) is 7.14. The summed E-state index contributed by atoms with van der Waals surface area (Å²) in [6.07, 6.45) is 3.52. The zero-order valence-corrected chi connectivity index (χ0v) is 21.3. The van der Waals surface area contributed by atoms with E-state index < -0.39 is 24.4 Å². The Balaban J connectivity index is 1.25. The molecular formula is C24H52N6O4. The first-order valence-electron chi connectivity index (χ1n) is 13.5. The molecule has 10 heteroatoms. The van der Waals surface area contributed by atoms with Gasteiger partial charge in [0.15, 0.2) is 0 Å². The van der Waals surface area contributed by atoms with Gasteiger partial charge in [0.25, 0.3) is 0 Å². The van der Waals surface area contributed by atoms with Crippen LogP contribution in [0, 0.1) is 0 Å². The topological polar surface area (TPSA) is 153 Å². The van der Waals surface area contributed by atoms with Crippen LogP contribution in [0.5, 0.6) is 0 Å². The number of hydrogen-bond donors (Lipinski definition) is 10. The van der Waals surface area contributed by atoms with Crippen molar-refractivity contribution in [3.05, 3.63) is 0 Å². The van der Waals surface area contributed by atoms with Crippen LogP contribution in [0.15, 0.2) is 0 Å². The summed E-state index contributed by atoms with van der Waals surface area (Å²) in [6, 6.07) is -0.115. The summed E-state index contributed by atoms with van der Waals surface area (Å²) in [6.45, 7) is 11.5. The van der Waals surface area contributed by atoms with Crippen LogP contribution in [-0.4, -0.2) is 121 Å². The van der Waals surface area contributed by atoms with E-state index in [-0.39, 0.29) is 24.2 Å². The van der Waals surface area contributed by atoms with Crippen molar-refractivity contribution in [3.8, 4) is 0 Å². The molecule has 0 aliphatic carbocycles. The Morgan fingerprint density at radius 2 is 0.794 bits per heavy atom. The highest BCUT2D eigenvalue weighted by Gasteiger charge is 2.38. The third-order valence-corrected chi connectivity index (χ3v) is 7.14. The van der Waals surface area contributed by atoms with E-state index in [1.807, 2.05) is 13.8 Å². The molecule has 0 aromatic heterocycles. The number of aliphatic hydroxyl groups excluding tert-OH is 4. The molecule has 2 rings (SSSR count). The first-order chi connectivity index (χ1) is 16.4. The van der Waals surface area contributed by atoms with E-state index >= 15 is 0 Å². The number of hydrogen-bond acceptors (Lipinski definition) is 10. The van der Waals surface area contributed by atoms with Gasteiger partial charge >= 0.3 is 0 Å². The number of aliphatic hydroxyl groups is 4. The van der Waals surface area contributed by atoms with E-state index in [1.54, 1.807) is 0 Å². The van der Waals surface area contributed by atoms with Crippen molar-refractivity contribution in [3.63, 3.8) is 0 Å². The second kappa shape index (κ2) is 17.1. The van der Waals surface area contributed by atoms with Gasteiger partial charge < -0.3 is 52.3 Å². The number of unbranched alkanes of at least 4 members (excludes halogenated alkanes) is 1.